The fourth-order valence-corrected chi connectivity index (χ4v) is 1.36. The minimum atomic E-state index is -1.28. The Morgan fingerprint density at radius 2 is 2.00 bits per heavy atom. The SMILES string of the molecule is CC(C)NC(=O)Nc1cc([N+](=O)[O-])ccc1C(=O)O. The molecule has 102 valence electrons. The van der Waals surface area contributed by atoms with Crippen LogP contribution in [0.3, 0.4) is 0 Å². The molecule has 0 spiro atoms. The van der Waals surface area contributed by atoms with Gasteiger partial charge in [-0.15, -0.1) is 0 Å². The molecule has 0 saturated heterocycles. The van der Waals surface area contributed by atoms with Gasteiger partial charge in [0.25, 0.3) is 5.69 Å². The van der Waals surface area contributed by atoms with Crippen LogP contribution in [0.15, 0.2) is 18.2 Å². The third kappa shape index (κ3) is 3.95. The largest absolute Gasteiger partial charge is 0.478 e. The molecule has 3 N–H and O–H groups in total. The lowest BCUT2D eigenvalue weighted by atomic mass is 10.1. The van der Waals surface area contributed by atoms with Gasteiger partial charge in [0, 0.05) is 18.2 Å². The van der Waals surface area contributed by atoms with E-state index in [9.17, 15) is 19.7 Å². The van der Waals surface area contributed by atoms with E-state index in [0.29, 0.717) is 0 Å². The summed E-state index contributed by atoms with van der Waals surface area (Å²) in [6.07, 6.45) is 0. The normalized spacial score (nSPS) is 10.1. The number of carbonyl (C=O) groups is 2. The first-order chi connectivity index (χ1) is 8.81. The van der Waals surface area contributed by atoms with Gasteiger partial charge in [-0.25, -0.2) is 9.59 Å². The number of anilines is 1. The summed E-state index contributed by atoms with van der Waals surface area (Å²) in [5.41, 5.74) is -0.644. The summed E-state index contributed by atoms with van der Waals surface area (Å²) in [6.45, 7) is 3.45. The van der Waals surface area contributed by atoms with Crippen LogP contribution < -0.4 is 10.6 Å². The van der Waals surface area contributed by atoms with Crippen LogP contribution in [-0.2, 0) is 0 Å². The van der Waals surface area contributed by atoms with Gasteiger partial charge in [-0.1, -0.05) is 0 Å². The van der Waals surface area contributed by atoms with E-state index >= 15 is 0 Å². The molecule has 0 bridgehead atoms. The Morgan fingerprint density at radius 1 is 1.37 bits per heavy atom. The molecular formula is C11H13N3O5. The maximum absolute atomic E-state index is 11.5. The number of nitrogens with one attached hydrogen (secondary N) is 2. The maximum Gasteiger partial charge on any atom is 0.337 e. The summed E-state index contributed by atoms with van der Waals surface area (Å²) < 4.78 is 0. The van der Waals surface area contributed by atoms with Crippen LogP contribution in [0.25, 0.3) is 0 Å². The van der Waals surface area contributed by atoms with Crippen molar-refractivity contribution in [1.82, 2.24) is 5.32 Å². The quantitative estimate of drug-likeness (QED) is 0.567. The monoisotopic (exact) mass is 267 g/mol. The molecule has 1 aromatic carbocycles. The molecule has 0 atom stereocenters. The van der Waals surface area contributed by atoms with Crippen molar-refractivity contribution in [2.75, 3.05) is 5.32 Å². The first kappa shape index (κ1) is 14.4. The highest BCUT2D eigenvalue weighted by Gasteiger charge is 2.17. The van der Waals surface area contributed by atoms with Crippen molar-refractivity contribution in [2.45, 2.75) is 19.9 Å². The number of urea groups is 1. The topological polar surface area (TPSA) is 122 Å². The molecule has 0 radical (unpaired) electrons. The zero-order valence-electron chi connectivity index (χ0n) is 10.3. The van der Waals surface area contributed by atoms with Gasteiger partial charge in [0.05, 0.1) is 16.2 Å². The average Bonchev–Trinajstić information content (AvgIpc) is 2.26. The molecule has 0 unspecified atom stereocenters. The molecule has 8 nitrogen and oxygen atoms in total. The Hall–Kier alpha value is -2.64. The smallest absolute Gasteiger partial charge is 0.337 e. The molecule has 2 amide bonds. The highest BCUT2D eigenvalue weighted by molar-refractivity contribution is 6.00. The number of carboxylic acid groups (broad SMARTS) is 1. The minimum Gasteiger partial charge on any atom is -0.478 e. The number of hydrogen-bond acceptors (Lipinski definition) is 4. The molecule has 8 heteroatoms. The van der Waals surface area contributed by atoms with Crippen LogP contribution in [0.5, 0.6) is 0 Å². The summed E-state index contributed by atoms with van der Waals surface area (Å²) >= 11 is 0. The highest BCUT2D eigenvalue weighted by Crippen LogP contribution is 2.22. The lowest BCUT2D eigenvalue weighted by molar-refractivity contribution is -0.384. The van der Waals surface area contributed by atoms with Crippen molar-refractivity contribution in [3.63, 3.8) is 0 Å². The van der Waals surface area contributed by atoms with Crippen LogP contribution in [0.2, 0.25) is 0 Å². The number of nitro benzene ring substituents is 1. The van der Waals surface area contributed by atoms with Gasteiger partial charge in [0.1, 0.15) is 0 Å². The van der Waals surface area contributed by atoms with Gasteiger partial charge in [-0.05, 0) is 19.9 Å². The average molecular weight is 267 g/mol. The number of carbonyl (C=O) groups excluding carboxylic acids is 1. The lowest BCUT2D eigenvalue weighted by Crippen LogP contribution is -2.34. The van der Waals surface area contributed by atoms with E-state index in [1.165, 1.54) is 0 Å². The van der Waals surface area contributed by atoms with Gasteiger partial charge in [0.2, 0.25) is 0 Å². The van der Waals surface area contributed by atoms with E-state index in [1.54, 1.807) is 13.8 Å². The predicted octanol–water partition coefficient (Wildman–Crippen LogP) is 1.82. The van der Waals surface area contributed by atoms with E-state index in [1.807, 2.05) is 0 Å². The Labute approximate surface area is 108 Å². The van der Waals surface area contributed by atoms with Gasteiger partial charge >= 0.3 is 12.0 Å². The number of aromatic carboxylic acids is 1. The van der Waals surface area contributed by atoms with Crippen LogP contribution in [0, 0.1) is 10.1 Å². The molecule has 0 heterocycles. The fraction of sp³-hybridized carbons (Fsp3) is 0.273. The first-order valence-corrected chi connectivity index (χ1v) is 5.40. The summed E-state index contributed by atoms with van der Waals surface area (Å²) in [5.74, 6) is -1.28. The number of carboxylic acids is 1. The Kier molecular flexibility index (Phi) is 4.41. The van der Waals surface area contributed by atoms with Crippen LogP contribution in [0.4, 0.5) is 16.2 Å². The highest BCUT2D eigenvalue weighted by atomic mass is 16.6. The summed E-state index contributed by atoms with van der Waals surface area (Å²) in [6, 6.07) is 2.37. The lowest BCUT2D eigenvalue weighted by Gasteiger charge is -2.11. The number of nitro groups is 1. The van der Waals surface area contributed by atoms with Crippen molar-refractivity contribution in [2.24, 2.45) is 0 Å². The molecule has 0 aromatic heterocycles. The third-order valence-electron chi connectivity index (χ3n) is 2.11. The molecule has 1 aromatic rings. The molecule has 0 fully saturated rings. The molecule has 0 aliphatic rings. The van der Waals surface area contributed by atoms with Crippen LogP contribution >= 0.6 is 0 Å². The first-order valence-electron chi connectivity index (χ1n) is 5.40. The molecule has 19 heavy (non-hydrogen) atoms. The number of non-ortho nitro benzene ring substituents is 1. The van der Waals surface area contributed by atoms with Crippen molar-refractivity contribution in [3.05, 3.63) is 33.9 Å². The molecule has 0 saturated carbocycles. The Morgan fingerprint density at radius 3 is 2.47 bits per heavy atom. The van der Waals surface area contributed by atoms with Gasteiger partial charge in [0.15, 0.2) is 0 Å². The number of amides is 2. The maximum atomic E-state index is 11.5. The van der Waals surface area contributed by atoms with Gasteiger partial charge in [-0.3, -0.25) is 10.1 Å². The van der Waals surface area contributed by atoms with Crippen molar-refractivity contribution >= 4 is 23.4 Å². The molecule has 1 rings (SSSR count). The fourth-order valence-electron chi connectivity index (χ4n) is 1.36. The van der Waals surface area contributed by atoms with Crippen molar-refractivity contribution in [1.29, 1.82) is 0 Å². The molecular weight excluding hydrogens is 254 g/mol. The minimum absolute atomic E-state index is 0.125. The van der Waals surface area contributed by atoms with E-state index in [-0.39, 0.29) is 23.0 Å². The summed E-state index contributed by atoms with van der Waals surface area (Å²) in [7, 11) is 0. The van der Waals surface area contributed by atoms with E-state index < -0.39 is 16.9 Å². The molecule has 0 aliphatic heterocycles. The van der Waals surface area contributed by atoms with E-state index in [4.69, 9.17) is 5.11 Å². The van der Waals surface area contributed by atoms with Crippen LogP contribution in [0.1, 0.15) is 24.2 Å². The Balaban J connectivity index is 3.07. The summed E-state index contributed by atoms with van der Waals surface area (Å²) in [4.78, 5) is 32.4. The van der Waals surface area contributed by atoms with E-state index in [0.717, 1.165) is 18.2 Å². The molecule has 0 aliphatic carbocycles. The zero-order chi connectivity index (χ0) is 14.6. The number of benzene rings is 1. The zero-order valence-corrected chi connectivity index (χ0v) is 10.3. The number of hydrogen-bond donors (Lipinski definition) is 3. The third-order valence-corrected chi connectivity index (χ3v) is 2.11. The standard InChI is InChI=1S/C11H13N3O5/c1-6(2)12-11(17)13-9-5-7(14(18)19)3-4-8(9)10(15)16/h3-6H,1-2H3,(H,15,16)(H2,12,13,17). The number of nitrogens with zero attached hydrogens (tertiary/aromatic N) is 1. The second-order valence-corrected chi connectivity index (χ2v) is 4.05. The second kappa shape index (κ2) is 5.80. The number of rotatable bonds is 4. The summed E-state index contributed by atoms with van der Waals surface area (Å²) in [5, 5.41) is 24.4. The van der Waals surface area contributed by atoms with E-state index in [2.05, 4.69) is 10.6 Å². The van der Waals surface area contributed by atoms with Gasteiger partial charge in [-0.2, -0.15) is 0 Å². The second-order valence-electron chi connectivity index (χ2n) is 4.05. The van der Waals surface area contributed by atoms with Crippen LogP contribution in [-0.4, -0.2) is 28.1 Å². The van der Waals surface area contributed by atoms with Gasteiger partial charge < -0.3 is 15.7 Å². The Bertz CT molecular complexity index is 527. The predicted molar refractivity (Wildman–Crippen MR) is 67.3 cm³/mol. The van der Waals surface area contributed by atoms with Crippen molar-refractivity contribution in [3.8, 4) is 0 Å². The van der Waals surface area contributed by atoms with Crippen molar-refractivity contribution < 1.29 is 19.6 Å².